The minimum absolute atomic E-state index is 0.0579. The Hall–Kier alpha value is -3.60. The van der Waals surface area contributed by atoms with E-state index in [-0.39, 0.29) is 11.6 Å². The Morgan fingerprint density at radius 2 is 1.56 bits per heavy atom. The van der Waals surface area contributed by atoms with E-state index >= 15 is 0 Å². The van der Waals surface area contributed by atoms with Gasteiger partial charge in [-0.05, 0) is 36.2 Å². The second-order valence-electron chi connectivity index (χ2n) is 10.9. The SMILES string of the molecule is CCCCCCCCCC[C@@H](O)[C@H]1C=C[C@H]2C(=O)N(c3ccc(CN)cc3)C(=O)[C@H]2N1Nc1ccc([N+](=O)[O-])cc1. The highest BCUT2D eigenvalue weighted by Crippen LogP contribution is 2.36. The first-order valence-corrected chi connectivity index (χ1v) is 14.7. The normalized spacial score (nSPS) is 21.2. The molecule has 0 bridgehead atoms. The summed E-state index contributed by atoms with van der Waals surface area (Å²) in [7, 11) is 0. The van der Waals surface area contributed by atoms with Crippen molar-refractivity contribution in [2.24, 2.45) is 11.7 Å². The van der Waals surface area contributed by atoms with Crippen LogP contribution in [0.15, 0.2) is 60.7 Å². The van der Waals surface area contributed by atoms with Crippen LogP contribution in [0.4, 0.5) is 17.1 Å². The molecule has 1 fully saturated rings. The van der Waals surface area contributed by atoms with Crippen LogP contribution in [0.1, 0.15) is 70.3 Å². The lowest BCUT2D eigenvalue weighted by molar-refractivity contribution is -0.384. The standard InChI is InChI=1S/C31H41N5O5/c1-2-3-4-5-6-7-8-9-10-28(37)27-20-19-26-29(35(27)33-23-13-17-25(18-14-23)36(40)41)31(39)34(30(26)38)24-15-11-22(21-32)12-16-24/h11-20,26-29,33,37H,2-10,21,32H2,1H3/t26-,27-,28-,29+/m1/s1. The van der Waals surface area contributed by atoms with Crippen molar-refractivity contribution >= 4 is 28.9 Å². The van der Waals surface area contributed by atoms with E-state index in [0.29, 0.717) is 24.3 Å². The van der Waals surface area contributed by atoms with Crippen LogP contribution in [-0.4, -0.2) is 45.0 Å². The van der Waals surface area contributed by atoms with E-state index in [1.165, 1.54) is 49.1 Å². The number of carbonyl (C=O) groups is 2. The van der Waals surface area contributed by atoms with Gasteiger partial charge in [0.15, 0.2) is 0 Å². The number of nitro groups is 1. The molecule has 0 spiro atoms. The molecule has 0 radical (unpaired) electrons. The maximum atomic E-state index is 13.8. The number of amides is 2. The number of anilines is 2. The fraction of sp³-hybridized carbons (Fsp3) is 0.484. The zero-order valence-electron chi connectivity index (χ0n) is 23.7. The highest BCUT2D eigenvalue weighted by atomic mass is 16.6. The van der Waals surface area contributed by atoms with E-state index < -0.39 is 34.9 Å². The zero-order chi connectivity index (χ0) is 29.4. The molecule has 220 valence electrons. The molecule has 2 aromatic rings. The molecule has 4 atom stereocenters. The molecule has 2 aromatic carbocycles. The number of nitrogens with one attached hydrogen (secondary N) is 1. The molecular weight excluding hydrogens is 522 g/mol. The smallest absolute Gasteiger partial charge is 0.269 e. The van der Waals surface area contributed by atoms with Crippen LogP contribution in [-0.2, 0) is 16.1 Å². The number of carbonyl (C=O) groups excluding carboxylic acids is 2. The van der Waals surface area contributed by atoms with Crippen LogP contribution in [0.5, 0.6) is 0 Å². The van der Waals surface area contributed by atoms with E-state index in [1.807, 2.05) is 0 Å². The second kappa shape index (κ2) is 14.3. The van der Waals surface area contributed by atoms with Gasteiger partial charge < -0.3 is 16.3 Å². The number of rotatable bonds is 15. The third-order valence-electron chi connectivity index (χ3n) is 7.97. The van der Waals surface area contributed by atoms with Crippen molar-refractivity contribution in [3.8, 4) is 0 Å². The average Bonchev–Trinajstić information content (AvgIpc) is 3.24. The Morgan fingerprint density at radius 1 is 0.927 bits per heavy atom. The maximum Gasteiger partial charge on any atom is 0.269 e. The summed E-state index contributed by atoms with van der Waals surface area (Å²) in [5.41, 5.74) is 10.7. The highest BCUT2D eigenvalue weighted by Gasteiger charge is 2.54. The molecule has 2 aliphatic heterocycles. The summed E-state index contributed by atoms with van der Waals surface area (Å²) in [6.07, 6.45) is 12.5. The van der Waals surface area contributed by atoms with Crippen LogP contribution in [0, 0.1) is 16.0 Å². The van der Waals surface area contributed by atoms with Crippen molar-refractivity contribution in [2.75, 3.05) is 10.3 Å². The third kappa shape index (κ3) is 7.19. The van der Waals surface area contributed by atoms with Gasteiger partial charge in [0.05, 0.1) is 28.7 Å². The quantitative estimate of drug-likeness (QED) is 0.0896. The molecular formula is C31H41N5O5. The molecule has 41 heavy (non-hydrogen) atoms. The first-order chi connectivity index (χ1) is 19.8. The van der Waals surface area contributed by atoms with E-state index in [2.05, 4.69) is 12.3 Å². The van der Waals surface area contributed by atoms with Crippen molar-refractivity contribution < 1.29 is 19.6 Å². The molecule has 4 N–H and O–H groups in total. The number of unbranched alkanes of at least 4 members (excludes halogenated alkanes) is 7. The van der Waals surface area contributed by atoms with Crippen LogP contribution in [0.3, 0.4) is 0 Å². The van der Waals surface area contributed by atoms with Gasteiger partial charge in [-0.25, -0.2) is 9.91 Å². The van der Waals surface area contributed by atoms with Gasteiger partial charge in [0.2, 0.25) is 5.91 Å². The molecule has 10 heteroatoms. The summed E-state index contributed by atoms with van der Waals surface area (Å²) in [6, 6.07) is 11.4. The Morgan fingerprint density at radius 3 is 2.17 bits per heavy atom. The minimum Gasteiger partial charge on any atom is -0.391 e. The third-order valence-corrected chi connectivity index (χ3v) is 7.97. The lowest BCUT2D eigenvalue weighted by Crippen LogP contribution is -2.57. The first kappa shape index (κ1) is 30.4. The fourth-order valence-corrected chi connectivity index (χ4v) is 5.63. The van der Waals surface area contributed by atoms with Gasteiger partial charge in [-0.2, -0.15) is 0 Å². The molecule has 0 unspecified atom stereocenters. The van der Waals surface area contributed by atoms with E-state index in [9.17, 15) is 24.8 Å². The van der Waals surface area contributed by atoms with Crippen LogP contribution in [0.2, 0.25) is 0 Å². The Labute approximate surface area is 241 Å². The van der Waals surface area contributed by atoms with Gasteiger partial charge in [0.1, 0.15) is 6.04 Å². The number of non-ortho nitro benzene ring substituents is 1. The first-order valence-electron chi connectivity index (χ1n) is 14.7. The summed E-state index contributed by atoms with van der Waals surface area (Å²) in [5, 5.41) is 24.1. The number of benzene rings is 2. The van der Waals surface area contributed by atoms with Crippen molar-refractivity contribution in [1.82, 2.24) is 5.01 Å². The second-order valence-corrected chi connectivity index (χ2v) is 10.9. The number of nitrogens with zero attached hydrogens (tertiary/aromatic N) is 3. The van der Waals surface area contributed by atoms with Crippen LogP contribution in [0.25, 0.3) is 0 Å². The number of nitrogens with two attached hydrogens (primary N) is 1. The highest BCUT2D eigenvalue weighted by molar-refractivity contribution is 6.24. The van der Waals surface area contributed by atoms with E-state index in [1.54, 1.807) is 53.6 Å². The summed E-state index contributed by atoms with van der Waals surface area (Å²) < 4.78 is 0. The van der Waals surface area contributed by atoms with Crippen LogP contribution >= 0.6 is 0 Å². The van der Waals surface area contributed by atoms with E-state index in [0.717, 1.165) is 24.8 Å². The Kier molecular flexibility index (Phi) is 10.6. The monoisotopic (exact) mass is 563 g/mol. The van der Waals surface area contributed by atoms with Crippen molar-refractivity contribution in [1.29, 1.82) is 0 Å². The lowest BCUT2D eigenvalue weighted by atomic mass is 9.91. The van der Waals surface area contributed by atoms with Gasteiger partial charge in [0.25, 0.3) is 11.6 Å². The zero-order valence-corrected chi connectivity index (χ0v) is 23.7. The van der Waals surface area contributed by atoms with Gasteiger partial charge >= 0.3 is 0 Å². The molecule has 2 aliphatic rings. The Bertz CT molecular complexity index is 1220. The summed E-state index contributed by atoms with van der Waals surface area (Å²) in [4.78, 5) is 39.1. The van der Waals surface area contributed by atoms with Gasteiger partial charge in [-0.3, -0.25) is 19.7 Å². The molecule has 0 saturated carbocycles. The molecule has 4 rings (SSSR count). The number of imide groups is 1. The number of hydrogen-bond donors (Lipinski definition) is 3. The molecule has 0 aliphatic carbocycles. The van der Waals surface area contributed by atoms with Gasteiger partial charge in [-0.15, -0.1) is 0 Å². The number of hydrazine groups is 1. The van der Waals surface area contributed by atoms with Gasteiger partial charge in [-0.1, -0.05) is 82.6 Å². The van der Waals surface area contributed by atoms with E-state index in [4.69, 9.17) is 5.73 Å². The molecule has 1 saturated heterocycles. The number of fused-ring (bicyclic) bond motifs is 1. The summed E-state index contributed by atoms with van der Waals surface area (Å²) >= 11 is 0. The number of aliphatic hydroxyl groups excluding tert-OH is 1. The average molecular weight is 564 g/mol. The fourth-order valence-electron chi connectivity index (χ4n) is 5.63. The lowest BCUT2D eigenvalue weighted by Gasteiger charge is -2.40. The predicted molar refractivity (Wildman–Crippen MR) is 159 cm³/mol. The van der Waals surface area contributed by atoms with Crippen molar-refractivity contribution in [3.63, 3.8) is 0 Å². The van der Waals surface area contributed by atoms with Crippen molar-refractivity contribution in [2.45, 2.75) is 89.4 Å². The van der Waals surface area contributed by atoms with Crippen LogP contribution < -0.4 is 16.1 Å². The topological polar surface area (TPSA) is 142 Å². The number of nitro benzene ring substituents is 1. The number of hydrogen-bond acceptors (Lipinski definition) is 8. The predicted octanol–water partition coefficient (Wildman–Crippen LogP) is 5.07. The molecule has 2 heterocycles. The van der Waals surface area contributed by atoms with Crippen molar-refractivity contribution in [3.05, 3.63) is 76.4 Å². The largest absolute Gasteiger partial charge is 0.391 e. The molecule has 2 amide bonds. The minimum atomic E-state index is -0.893. The molecule has 0 aromatic heterocycles. The summed E-state index contributed by atoms with van der Waals surface area (Å²) in [6.45, 7) is 2.55. The molecule has 10 nitrogen and oxygen atoms in total. The Balaban J connectivity index is 1.52. The van der Waals surface area contributed by atoms with Gasteiger partial charge in [0, 0.05) is 24.4 Å². The maximum absolute atomic E-state index is 13.8. The summed E-state index contributed by atoms with van der Waals surface area (Å²) in [5.74, 6) is -1.49. The number of aliphatic hydroxyl groups is 1.